The van der Waals surface area contributed by atoms with E-state index in [4.69, 9.17) is 9.84 Å². The third-order valence-corrected chi connectivity index (χ3v) is 2.17. The van der Waals surface area contributed by atoms with Crippen molar-refractivity contribution in [2.24, 2.45) is 0 Å². The molecule has 1 rings (SSSR count). The number of carboxylic acid groups (broad SMARTS) is 1. The van der Waals surface area contributed by atoms with Crippen LogP contribution in [-0.2, 0) is 4.79 Å². The zero-order chi connectivity index (χ0) is 10.6. The number of carbonyl (C=O) groups is 1. The van der Waals surface area contributed by atoms with Crippen LogP contribution in [0.15, 0.2) is 36.1 Å². The van der Waals surface area contributed by atoms with Gasteiger partial charge >= 0.3 is 5.97 Å². The summed E-state index contributed by atoms with van der Waals surface area (Å²) in [7, 11) is 0. The Labute approximate surface area is 95.5 Å². The summed E-state index contributed by atoms with van der Waals surface area (Å²) in [6.45, 7) is 1.62. The molecule has 0 saturated heterocycles. The molecule has 0 saturated carbocycles. The maximum atomic E-state index is 10.6. The molecule has 0 heterocycles. The van der Waals surface area contributed by atoms with Gasteiger partial charge in [-0.3, -0.25) is 0 Å². The first-order valence-corrected chi connectivity index (χ1v) is 5.04. The van der Waals surface area contributed by atoms with E-state index in [1.807, 2.05) is 12.1 Å². The molecule has 0 aliphatic heterocycles. The number of allylic oxidation sites excluding steroid dienone is 1. The van der Waals surface area contributed by atoms with Gasteiger partial charge in [-0.2, -0.15) is 0 Å². The van der Waals surface area contributed by atoms with Crippen LogP contribution in [0.5, 0.6) is 5.75 Å². The van der Waals surface area contributed by atoms with Crippen molar-refractivity contribution in [2.45, 2.75) is 6.92 Å². The quantitative estimate of drug-likeness (QED) is 0.530. The minimum atomic E-state index is -1.06. The number of hydrogen-bond acceptors (Lipinski definition) is 2. The summed E-state index contributed by atoms with van der Waals surface area (Å²) in [5.41, 5.74) is 0. The lowest BCUT2D eigenvalue weighted by Crippen LogP contribution is -2.07. The number of carboxylic acids is 1. The van der Waals surface area contributed by atoms with Gasteiger partial charge in [0.15, 0.2) is 0 Å². The molecule has 0 radical (unpaired) electrons. The first kappa shape index (κ1) is 11.0. The van der Waals surface area contributed by atoms with E-state index in [1.165, 1.54) is 6.08 Å². The number of hydrogen-bond donors (Lipinski definition) is 1. The molecule has 3 nitrogen and oxygen atoms in total. The van der Waals surface area contributed by atoms with Gasteiger partial charge in [0.1, 0.15) is 5.75 Å². The molecule has 0 fully saturated rings. The van der Waals surface area contributed by atoms with Crippen molar-refractivity contribution in [3.8, 4) is 5.75 Å². The van der Waals surface area contributed by atoms with E-state index < -0.39 is 5.97 Å². The second kappa shape index (κ2) is 4.99. The van der Waals surface area contributed by atoms with Crippen LogP contribution in [0.2, 0.25) is 0 Å². The van der Waals surface area contributed by atoms with Crippen LogP contribution in [-0.4, -0.2) is 11.1 Å². The third-order valence-electron chi connectivity index (χ3n) is 1.50. The summed E-state index contributed by atoms with van der Waals surface area (Å²) >= 11 is 2.13. The van der Waals surface area contributed by atoms with Gasteiger partial charge in [-0.05, 0) is 53.8 Å². The lowest BCUT2D eigenvalue weighted by molar-refractivity contribution is -0.135. The van der Waals surface area contributed by atoms with Gasteiger partial charge in [0.05, 0.1) is 0 Å². The highest BCUT2D eigenvalue weighted by molar-refractivity contribution is 14.1. The van der Waals surface area contributed by atoms with Gasteiger partial charge in [0.25, 0.3) is 0 Å². The fourth-order valence-corrected chi connectivity index (χ4v) is 1.40. The predicted molar refractivity (Wildman–Crippen MR) is 61.2 cm³/mol. The predicted octanol–water partition coefficient (Wildman–Crippen LogP) is 2.66. The average molecular weight is 304 g/mol. The molecule has 0 spiro atoms. The van der Waals surface area contributed by atoms with Crippen molar-refractivity contribution in [3.05, 3.63) is 39.7 Å². The first-order valence-electron chi connectivity index (χ1n) is 3.96. The second-order valence-corrected chi connectivity index (χ2v) is 3.76. The standard InChI is InChI=1S/C10H9IO3/c1-2-9(10(12)13)14-8-5-3-4-7(11)6-8/h2-6H,1H3,(H,12,13)/b9-2-. The van der Waals surface area contributed by atoms with Crippen molar-refractivity contribution in [3.63, 3.8) is 0 Å². The van der Waals surface area contributed by atoms with Crippen molar-refractivity contribution >= 4 is 28.6 Å². The van der Waals surface area contributed by atoms with Gasteiger partial charge in [-0.25, -0.2) is 4.79 Å². The smallest absolute Gasteiger partial charge is 0.371 e. The molecule has 0 amide bonds. The molecule has 1 aromatic carbocycles. The Hall–Kier alpha value is -1.04. The Balaban J connectivity index is 2.83. The minimum absolute atomic E-state index is 0.0630. The maximum Gasteiger partial charge on any atom is 0.371 e. The van der Waals surface area contributed by atoms with Crippen LogP contribution < -0.4 is 4.74 Å². The Morgan fingerprint density at radius 1 is 1.57 bits per heavy atom. The molecule has 0 bridgehead atoms. The molecule has 1 N–H and O–H groups in total. The van der Waals surface area contributed by atoms with Gasteiger partial charge in [-0.1, -0.05) is 6.07 Å². The molecule has 0 aliphatic rings. The number of halogens is 1. The number of ether oxygens (including phenoxy) is 1. The normalized spacial score (nSPS) is 11.1. The molecule has 0 atom stereocenters. The fourth-order valence-electron chi connectivity index (χ4n) is 0.884. The summed E-state index contributed by atoms with van der Waals surface area (Å²) in [6.07, 6.45) is 1.42. The van der Waals surface area contributed by atoms with Crippen LogP contribution in [0.4, 0.5) is 0 Å². The zero-order valence-corrected chi connectivity index (χ0v) is 9.69. The van der Waals surface area contributed by atoms with E-state index in [9.17, 15) is 4.79 Å². The first-order chi connectivity index (χ1) is 6.63. The largest absolute Gasteiger partial charge is 0.475 e. The lowest BCUT2D eigenvalue weighted by Gasteiger charge is -2.05. The number of aliphatic carboxylic acids is 1. The molecular formula is C10H9IO3. The van der Waals surface area contributed by atoms with E-state index in [2.05, 4.69) is 22.6 Å². The number of benzene rings is 1. The van der Waals surface area contributed by atoms with Crippen molar-refractivity contribution in [2.75, 3.05) is 0 Å². The molecule has 0 unspecified atom stereocenters. The summed E-state index contributed by atoms with van der Waals surface area (Å²) in [4.78, 5) is 10.6. The molecule has 74 valence electrons. The highest BCUT2D eigenvalue weighted by Crippen LogP contribution is 2.17. The molecule has 14 heavy (non-hydrogen) atoms. The number of rotatable bonds is 3. The maximum absolute atomic E-state index is 10.6. The molecule has 0 aliphatic carbocycles. The van der Waals surface area contributed by atoms with Crippen molar-refractivity contribution < 1.29 is 14.6 Å². The van der Waals surface area contributed by atoms with Gasteiger partial charge in [0.2, 0.25) is 5.76 Å². The van der Waals surface area contributed by atoms with Crippen molar-refractivity contribution in [1.29, 1.82) is 0 Å². The highest BCUT2D eigenvalue weighted by Gasteiger charge is 2.08. The minimum Gasteiger partial charge on any atom is -0.475 e. The zero-order valence-electron chi connectivity index (χ0n) is 7.53. The molecule has 0 aromatic heterocycles. The van der Waals surface area contributed by atoms with E-state index in [0.717, 1.165) is 3.57 Å². The Morgan fingerprint density at radius 2 is 2.29 bits per heavy atom. The van der Waals surface area contributed by atoms with Gasteiger partial charge in [0, 0.05) is 3.57 Å². The summed E-state index contributed by atoms with van der Waals surface area (Å²) in [5, 5.41) is 8.71. The Kier molecular flexibility index (Phi) is 3.94. The monoisotopic (exact) mass is 304 g/mol. The molecule has 1 aromatic rings. The summed E-state index contributed by atoms with van der Waals surface area (Å²) in [6, 6.07) is 7.21. The highest BCUT2D eigenvalue weighted by atomic mass is 127. The van der Waals surface area contributed by atoms with Crippen LogP contribution in [0.25, 0.3) is 0 Å². The Bertz CT molecular complexity index is 371. The SMILES string of the molecule is C/C=C(\Oc1cccc(I)c1)C(=O)O. The third kappa shape index (κ3) is 3.02. The molecular weight excluding hydrogens is 295 g/mol. The van der Waals surface area contributed by atoms with Crippen LogP contribution in [0.3, 0.4) is 0 Å². The van der Waals surface area contributed by atoms with Gasteiger partial charge in [-0.15, -0.1) is 0 Å². The average Bonchev–Trinajstić information content (AvgIpc) is 2.14. The van der Waals surface area contributed by atoms with Crippen molar-refractivity contribution in [1.82, 2.24) is 0 Å². The van der Waals surface area contributed by atoms with E-state index in [1.54, 1.807) is 19.1 Å². The van der Waals surface area contributed by atoms with Crippen LogP contribution in [0, 0.1) is 3.57 Å². The van der Waals surface area contributed by atoms with E-state index in [0.29, 0.717) is 5.75 Å². The van der Waals surface area contributed by atoms with E-state index >= 15 is 0 Å². The van der Waals surface area contributed by atoms with Gasteiger partial charge < -0.3 is 9.84 Å². The summed E-state index contributed by atoms with van der Waals surface area (Å²) in [5.74, 6) is -0.592. The van der Waals surface area contributed by atoms with Crippen LogP contribution in [0.1, 0.15) is 6.92 Å². The van der Waals surface area contributed by atoms with Crippen LogP contribution >= 0.6 is 22.6 Å². The molecule has 4 heteroatoms. The lowest BCUT2D eigenvalue weighted by atomic mass is 10.3. The summed E-state index contributed by atoms with van der Waals surface area (Å²) < 4.78 is 6.16. The Morgan fingerprint density at radius 3 is 2.79 bits per heavy atom. The topological polar surface area (TPSA) is 46.5 Å². The van der Waals surface area contributed by atoms with E-state index in [-0.39, 0.29) is 5.76 Å². The second-order valence-electron chi connectivity index (χ2n) is 2.52. The fraction of sp³-hybridized carbons (Fsp3) is 0.100.